The van der Waals surface area contributed by atoms with Crippen LogP contribution in [0.1, 0.15) is 33.1 Å². The molecular weight excluding hydrogens is 194 g/mol. The Morgan fingerprint density at radius 1 is 1.53 bits per heavy atom. The van der Waals surface area contributed by atoms with E-state index >= 15 is 0 Å². The normalized spacial score (nSPS) is 23.9. The van der Waals surface area contributed by atoms with Gasteiger partial charge in [0.25, 0.3) is 0 Å². The molecule has 15 heavy (non-hydrogen) atoms. The van der Waals surface area contributed by atoms with Gasteiger partial charge < -0.3 is 9.84 Å². The molecule has 1 heterocycles. The van der Waals surface area contributed by atoms with Crippen molar-refractivity contribution in [2.45, 2.75) is 44.8 Å². The molecule has 1 aliphatic heterocycles. The third-order valence-electron chi connectivity index (χ3n) is 2.68. The number of rotatable bonds is 3. The molecule has 1 rings (SSSR count). The van der Waals surface area contributed by atoms with Gasteiger partial charge in [-0.25, -0.2) is 0 Å². The predicted octanol–water partition coefficient (Wildman–Crippen LogP) is 0.785. The summed E-state index contributed by atoms with van der Waals surface area (Å²) in [6.07, 6.45) is 2.98. The van der Waals surface area contributed by atoms with Crippen molar-refractivity contribution in [3.8, 4) is 0 Å². The molecule has 0 spiro atoms. The Balaban J connectivity index is 2.61. The smallest absolute Gasteiger partial charge is 0.323 e. The van der Waals surface area contributed by atoms with E-state index in [9.17, 15) is 9.90 Å². The summed E-state index contributed by atoms with van der Waals surface area (Å²) in [7, 11) is 1.42. The van der Waals surface area contributed by atoms with E-state index < -0.39 is 5.60 Å². The number of methoxy groups -OCH3 is 1. The number of likely N-dealkylation sites (tertiary alicyclic amines) is 1. The number of nitrogens with zero attached hydrogens (tertiary/aromatic N) is 1. The Bertz CT molecular complexity index is 222. The maximum atomic E-state index is 11.5. The lowest BCUT2D eigenvalue weighted by atomic mass is 9.99. The predicted molar refractivity (Wildman–Crippen MR) is 57.5 cm³/mol. The molecule has 1 atom stereocenters. The number of ether oxygens (including phenoxy) is 1. The highest BCUT2D eigenvalue weighted by Crippen LogP contribution is 2.20. The summed E-state index contributed by atoms with van der Waals surface area (Å²) in [6.45, 7) is 4.91. The highest BCUT2D eigenvalue weighted by Gasteiger charge is 2.32. The Morgan fingerprint density at radius 2 is 2.20 bits per heavy atom. The molecule has 0 bridgehead atoms. The van der Waals surface area contributed by atoms with E-state index in [0.717, 1.165) is 25.8 Å². The van der Waals surface area contributed by atoms with E-state index in [2.05, 4.69) is 0 Å². The summed E-state index contributed by atoms with van der Waals surface area (Å²) < 4.78 is 4.77. The summed E-state index contributed by atoms with van der Waals surface area (Å²) in [4.78, 5) is 13.5. The van der Waals surface area contributed by atoms with Crippen LogP contribution in [-0.4, -0.2) is 47.8 Å². The standard InChI is InChI=1S/C11H21NO3/c1-11(2,14)8-12-7-5-4-6-9(12)10(13)15-3/h9,14H,4-8H2,1-3H3. The highest BCUT2D eigenvalue weighted by molar-refractivity contribution is 5.75. The lowest BCUT2D eigenvalue weighted by Gasteiger charge is -2.37. The fraction of sp³-hybridized carbons (Fsp3) is 0.909. The minimum absolute atomic E-state index is 0.171. The van der Waals surface area contributed by atoms with Gasteiger partial charge in [0, 0.05) is 6.54 Å². The van der Waals surface area contributed by atoms with Crippen molar-refractivity contribution in [1.29, 1.82) is 0 Å². The summed E-state index contributed by atoms with van der Waals surface area (Å²) in [5.74, 6) is -0.182. The van der Waals surface area contributed by atoms with Crippen LogP contribution in [0.2, 0.25) is 0 Å². The van der Waals surface area contributed by atoms with Crippen LogP contribution in [0.25, 0.3) is 0 Å². The third kappa shape index (κ3) is 3.80. The summed E-state index contributed by atoms with van der Waals surface area (Å²) in [5.41, 5.74) is -0.760. The molecule has 88 valence electrons. The van der Waals surface area contributed by atoms with Crippen molar-refractivity contribution in [2.24, 2.45) is 0 Å². The monoisotopic (exact) mass is 215 g/mol. The second kappa shape index (κ2) is 4.94. The van der Waals surface area contributed by atoms with Crippen molar-refractivity contribution in [3.63, 3.8) is 0 Å². The summed E-state index contributed by atoms with van der Waals surface area (Å²) >= 11 is 0. The van der Waals surface area contributed by atoms with Crippen LogP contribution in [0, 0.1) is 0 Å². The van der Waals surface area contributed by atoms with Gasteiger partial charge in [-0.1, -0.05) is 6.42 Å². The molecule has 1 fully saturated rings. The molecule has 0 aromatic rings. The SMILES string of the molecule is COC(=O)C1CCCCN1CC(C)(C)O. The maximum Gasteiger partial charge on any atom is 0.323 e. The van der Waals surface area contributed by atoms with E-state index in [0.29, 0.717) is 6.54 Å². The average molecular weight is 215 g/mol. The van der Waals surface area contributed by atoms with E-state index in [-0.39, 0.29) is 12.0 Å². The molecule has 0 amide bonds. The zero-order valence-electron chi connectivity index (χ0n) is 9.82. The first-order valence-corrected chi connectivity index (χ1v) is 5.48. The summed E-state index contributed by atoms with van der Waals surface area (Å²) in [6, 6.07) is -0.171. The van der Waals surface area contributed by atoms with Gasteiger partial charge in [0.05, 0.1) is 12.7 Å². The number of β-amino-alcohol motifs (C(OH)–C–C–N with tert-alkyl or cyclic N) is 1. The van der Waals surface area contributed by atoms with Gasteiger partial charge in [0.15, 0.2) is 0 Å². The van der Waals surface area contributed by atoms with E-state index in [4.69, 9.17) is 4.74 Å². The highest BCUT2D eigenvalue weighted by atomic mass is 16.5. The van der Waals surface area contributed by atoms with Crippen LogP contribution >= 0.6 is 0 Å². The van der Waals surface area contributed by atoms with Gasteiger partial charge in [-0.2, -0.15) is 0 Å². The first-order chi connectivity index (χ1) is 6.94. The van der Waals surface area contributed by atoms with Crippen LogP contribution in [-0.2, 0) is 9.53 Å². The lowest BCUT2D eigenvalue weighted by molar-refractivity contribution is -0.149. The number of carbonyl (C=O) groups excluding carboxylic acids is 1. The maximum absolute atomic E-state index is 11.5. The van der Waals surface area contributed by atoms with E-state index in [1.165, 1.54) is 7.11 Å². The number of hydrogen-bond acceptors (Lipinski definition) is 4. The van der Waals surface area contributed by atoms with Crippen LogP contribution in [0.4, 0.5) is 0 Å². The van der Waals surface area contributed by atoms with Crippen LogP contribution in [0.5, 0.6) is 0 Å². The van der Waals surface area contributed by atoms with Crippen molar-refractivity contribution in [1.82, 2.24) is 4.90 Å². The number of carbonyl (C=O) groups is 1. The Hall–Kier alpha value is -0.610. The summed E-state index contributed by atoms with van der Waals surface area (Å²) in [5, 5.41) is 9.75. The largest absolute Gasteiger partial charge is 0.468 e. The van der Waals surface area contributed by atoms with Gasteiger partial charge in [-0.05, 0) is 33.2 Å². The molecule has 0 aromatic carbocycles. The van der Waals surface area contributed by atoms with E-state index in [1.54, 1.807) is 13.8 Å². The number of esters is 1. The number of piperidine rings is 1. The molecule has 0 radical (unpaired) electrons. The molecule has 1 aliphatic rings. The van der Waals surface area contributed by atoms with Crippen LogP contribution in [0.3, 0.4) is 0 Å². The zero-order chi connectivity index (χ0) is 11.5. The van der Waals surface area contributed by atoms with Gasteiger partial charge >= 0.3 is 5.97 Å². The first-order valence-electron chi connectivity index (χ1n) is 5.48. The fourth-order valence-corrected chi connectivity index (χ4v) is 2.08. The molecule has 1 saturated heterocycles. The minimum Gasteiger partial charge on any atom is -0.468 e. The van der Waals surface area contributed by atoms with Crippen molar-refractivity contribution in [2.75, 3.05) is 20.2 Å². The van der Waals surface area contributed by atoms with Gasteiger partial charge in [0.1, 0.15) is 6.04 Å². The number of hydrogen-bond donors (Lipinski definition) is 1. The first kappa shape index (κ1) is 12.5. The second-order valence-corrected chi connectivity index (χ2v) is 4.82. The Morgan fingerprint density at radius 3 is 2.73 bits per heavy atom. The molecule has 1 N–H and O–H groups in total. The zero-order valence-corrected chi connectivity index (χ0v) is 9.82. The molecule has 4 heteroatoms. The van der Waals surface area contributed by atoms with Gasteiger partial charge in [0.2, 0.25) is 0 Å². The van der Waals surface area contributed by atoms with Crippen molar-refractivity contribution < 1.29 is 14.6 Å². The molecular formula is C11H21NO3. The second-order valence-electron chi connectivity index (χ2n) is 4.82. The van der Waals surface area contributed by atoms with Crippen LogP contribution in [0.15, 0.2) is 0 Å². The Kier molecular flexibility index (Phi) is 4.11. The molecule has 0 saturated carbocycles. The van der Waals surface area contributed by atoms with E-state index in [1.807, 2.05) is 4.90 Å². The van der Waals surface area contributed by atoms with Crippen molar-refractivity contribution >= 4 is 5.97 Å². The lowest BCUT2D eigenvalue weighted by Crippen LogP contribution is -2.50. The molecule has 1 unspecified atom stereocenters. The quantitative estimate of drug-likeness (QED) is 0.707. The van der Waals surface area contributed by atoms with Gasteiger partial charge in [-0.15, -0.1) is 0 Å². The molecule has 4 nitrogen and oxygen atoms in total. The minimum atomic E-state index is -0.760. The molecule has 0 aromatic heterocycles. The number of aliphatic hydroxyl groups is 1. The topological polar surface area (TPSA) is 49.8 Å². The average Bonchev–Trinajstić information content (AvgIpc) is 2.15. The Labute approximate surface area is 91.2 Å². The fourth-order valence-electron chi connectivity index (χ4n) is 2.08. The van der Waals surface area contributed by atoms with Crippen LogP contribution < -0.4 is 0 Å². The van der Waals surface area contributed by atoms with Crippen molar-refractivity contribution in [3.05, 3.63) is 0 Å². The third-order valence-corrected chi connectivity index (χ3v) is 2.68. The van der Waals surface area contributed by atoms with Gasteiger partial charge in [-0.3, -0.25) is 9.69 Å². The molecule has 0 aliphatic carbocycles.